The van der Waals surface area contributed by atoms with Gasteiger partial charge in [0.05, 0.1) is 5.69 Å². The Hall–Kier alpha value is -1.87. The Labute approximate surface area is 103 Å². The van der Waals surface area contributed by atoms with E-state index >= 15 is 0 Å². The number of aromatic nitrogens is 1. The van der Waals surface area contributed by atoms with Crippen molar-refractivity contribution in [1.82, 2.24) is 4.98 Å². The number of nitrogens with zero attached hydrogens (tertiary/aromatic N) is 1. The first-order valence-corrected chi connectivity index (χ1v) is 6.77. The molecule has 84 valence electrons. The summed E-state index contributed by atoms with van der Waals surface area (Å²) in [6.45, 7) is 2.02. The normalized spacial score (nSPS) is 11.9. The molecule has 0 aliphatic rings. The van der Waals surface area contributed by atoms with Gasteiger partial charge in [0.15, 0.2) is 10.4 Å². The summed E-state index contributed by atoms with van der Waals surface area (Å²) in [6, 6.07) is 14.7. The van der Waals surface area contributed by atoms with E-state index < -0.39 is 0 Å². The fourth-order valence-corrected chi connectivity index (χ4v) is 3.65. The molecular formula is C14H13N2S+. The first kappa shape index (κ1) is 10.3. The summed E-state index contributed by atoms with van der Waals surface area (Å²) >= 11 is 0. The van der Waals surface area contributed by atoms with Crippen LogP contribution in [0, 0.1) is 6.92 Å². The van der Waals surface area contributed by atoms with E-state index in [-0.39, 0.29) is 10.5 Å². The van der Waals surface area contributed by atoms with Gasteiger partial charge in [-0.2, -0.15) is 4.98 Å². The summed E-state index contributed by atoms with van der Waals surface area (Å²) < 4.78 is 1.24. The number of rotatable bonds is 1. The average Bonchev–Trinajstić information content (AvgIpc) is 2.79. The van der Waals surface area contributed by atoms with Gasteiger partial charge in [-0.25, -0.2) is 0 Å². The molecule has 2 aromatic carbocycles. The molecule has 0 aliphatic carbocycles. The molecule has 3 rings (SSSR count). The molecule has 1 aromatic heterocycles. The van der Waals surface area contributed by atoms with Gasteiger partial charge in [-0.15, -0.1) is 0 Å². The Morgan fingerprint density at radius 1 is 1.06 bits per heavy atom. The first-order valence-electron chi connectivity index (χ1n) is 5.49. The summed E-state index contributed by atoms with van der Waals surface area (Å²) in [7, 11) is -0.0558. The van der Waals surface area contributed by atoms with Crippen molar-refractivity contribution in [3.8, 4) is 4.90 Å². The lowest BCUT2D eigenvalue weighted by Crippen LogP contribution is -1.89. The van der Waals surface area contributed by atoms with Gasteiger partial charge in [-0.1, -0.05) is 24.3 Å². The Kier molecular flexibility index (Phi) is 2.34. The van der Waals surface area contributed by atoms with Crippen LogP contribution in [-0.4, -0.2) is 4.98 Å². The minimum atomic E-state index is -0.0558. The Balaban J connectivity index is 2.30. The molecule has 3 aromatic rings. The van der Waals surface area contributed by atoms with Crippen molar-refractivity contribution >= 4 is 26.4 Å². The van der Waals surface area contributed by atoms with Gasteiger partial charge in [0.2, 0.25) is 10.2 Å². The summed E-state index contributed by atoms with van der Waals surface area (Å²) in [5, 5.41) is 0. The lowest BCUT2D eigenvalue weighted by atomic mass is 10.2. The Bertz CT molecular complexity index is 671. The van der Waals surface area contributed by atoms with Gasteiger partial charge in [0, 0.05) is 16.5 Å². The van der Waals surface area contributed by atoms with Gasteiger partial charge in [0.25, 0.3) is 0 Å². The molecule has 1 atom stereocenters. The zero-order chi connectivity index (χ0) is 11.8. The van der Waals surface area contributed by atoms with Crippen LogP contribution in [0.15, 0.2) is 48.0 Å². The molecule has 0 aliphatic heterocycles. The second-order valence-electron chi connectivity index (χ2n) is 4.03. The van der Waals surface area contributed by atoms with Crippen molar-refractivity contribution in [1.29, 1.82) is 0 Å². The summed E-state index contributed by atoms with van der Waals surface area (Å²) in [5.74, 6) is 0. The third kappa shape index (κ3) is 1.59. The van der Waals surface area contributed by atoms with Crippen LogP contribution in [0.2, 0.25) is 0 Å². The smallest absolute Gasteiger partial charge is 0.236 e. The molecule has 3 heteroatoms. The third-order valence-corrected chi connectivity index (χ3v) is 4.82. The molecule has 0 saturated carbocycles. The Morgan fingerprint density at radius 2 is 1.82 bits per heavy atom. The lowest BCUT2D eigenvalue weighted by Gasteiger charge is -1.97. The van der Waals surface area contributed by atoms with E-state index in [0.29, 0.717) is 0 Å². The molecule has 17 heavy (non-hydrogen) atoms. The van der Waals surface area contributed by atoms with Gasteiger partial charge in [0.1, 0.15) is 0 Å². The molecule has 0 radical (unpaired) electrons. The van der Waals surface area contributed by atoms with Gasteiger partial charge < -0.3 is 5.73 Å². The largest absolute Gasteiger partial charge is 0.397 e. The molecule has 0 spiro atoms. The van der Waals surface area contributed by atoms with Crippen molar-refractivity contribution in [2.24, 2.45) is 0 Å². The quantitative estimate of drug-likeness (QED) is 0.519. The van der Waals surface area contributed by atoms with Crippen LogP contribution >= 0.6 is 10.5 Å². The van der Waals surface area contributed by atoms with Gasteiger partial charge in [-0.3, -0.25) is 0 Å². The maximum Gasteiger partial charge on any atom is 0.236 e. The highest BCUT2D eigenvalue weighted by Crippen LogP contribution is 2.40. The van der Waals surface area contributed by atoms with Crippen molar-refractivity contribution in [3.63, 3.8) is 0 Å². The number of fused-ring (bicyclic) bond motifs is 1. The van der Waals surface area contributed by atoms with E-state index in [0.717, 1.165) is 16.8 Å². The molecule has 0 saturated heterocycles. The number of aryl methyl sites for hydroxylation is 1. The van der Waals surface area contributed by atoms with E-state index in [2.05, 4.69) is 41.4 Å². The number of hydrogen-bond acceptors (Lipinski definition) is 2. The van der Waals surface area contributed by atoms with Crippen LogP contribution in [-0.2, 0) is 0 Å². The summed E-state index contributed by atoms with van der Waals surface area (Å²) in [4.78, 5) is 5.77. The molecule has 2 nitrogen and oxygen atoms in total. The number of benzene rings is 2. The van der Waals surface area contributed by atoms with E-state index in [9.17, 15) is 0 Å². The number of nitrogen functional groups attached to an aromatic ring is 1. The number of hydrogen-bond donors (Lipinski definition) is 1. The number of thiazole rings is 1. The molecule has 0 amide bonds. The van der Waals surface area contributed by atoms with Crippen molar-refractivity contribution < 1.29 is 0 Å². The van der Waals surface area contributed by atoms with Crippen molar-refractivity contribution in [2.45, 2.75) is 6.92 Å². The maximum absolute atomic E-state index is 6.06. The molecule has 0 bridgehead atoms. The zero-order valence-corrected chi connectivity index (χ0v) is 10.4. The van der Waals surface area contributed by atoms with Crippen LogP contribution in [0.25, 0.3) is 15.1 Å². The molecule has 0 fully saturated rings. The topological polar surface area (TPSA) is 38.9 Å². The first-order chi connectivity index (χ1) is 8.27. The minimum absolute atomic E-state index is 0.0558. The predicted molar refractivity (Wildman–Crippen MR) is 74.7 cm³/mol. The second kappa shape index (κ2) is 3.86. The van der Waals surface area contributed by atoms with Gasteiger partial charge in [-0.05, 0) is 24.6 Å². The lowest BCUT2D eigenvalue weighted by molar-refractivity contribution is 1.45. The highest BCUT2D eigenvalue weighted by Gasteiger charge is 2.18. The second-order valence-corrected chi connectivity index (χ2v) is 5.83. The molecular weight excluding hydrogens is 228 g/mol. The van der Waals surface area contributed by atoms with Crippen LogP contribution in [0.3, 0.4) is 0 Å². The van der Waals surface area contributed by atoms with Crippen LogP contribution in [0.1, 0.15) is 5.56 Å². The molecule has 1 heterocycles. The standard InChI is InChI=1S/C14H13N2S/c1-10-7-8-12-14(13(10)15)16-9-17(12)11-5-3-2-4-6-11/h2-9H,15H2,1H3/q+1. The van der Waals surface area contributed by atoms with Gasteiger partial charge >= 0.3 is 0 Å². The van der Waals surface area contributed by atoms with Crippen LogP contribution < -0.4 is 5.73 Å². The zero-order valence-electron chi connectivity index (χ0n) is 9.55. The fourth-order valence-electron chi connectivity index (χ4n) is 1.92. The van der Waals surface area contributed by atoms with E-state index in [1.165, 1.54) is 9.60 Å². The number of nitrogens with two attached hydrogens (primary N) is 1. The summed E-state index contributed by atoms with van der Waals surface area (Å²) in [6.07, 6.45) is 0. The average molecular weight is 241 g/mol. The fraction of sp³-hybridized carbons (Fsp3) is 0.0714. The van der Waals surface area contributed by atoms with Crippen LogP contribution in [0.5, 0.6) is 0 Å². The van der Waals surface area contributed by atoms with E-state index in [1.807, 2.05) is 18.5 Å². The number of anilines is 1. The van der Waals surface area contributed by atoms with Crippen LogP contribution in [0.4, 0.5) is 5.69 Å². The molecule has 2 N–H and O–H groups in total. The van der Waals surface area contributed by atoms with E-state index in [1.54, 1.807) is 0 Å². The van der Waals surface area contributed by atoms with Crippen molar-refractivity contribution in [3.05, 3.63) is 53.5 Å². The minimum Gasteiger partial charge on any atom is -0.397 e. The summed E-state index contributed by atoms with van der Waals surface area (Å²) in [5.41, 5.74) is 10.9. The predicted octanol–water partition coefficient (Wildman–Crippen LogP) is 3.86. The highest BCUT2D eigenvalue weighted by atomic mass is 32.2. The Morgan fingerprint density at radius 3 is 2.59 bits per heavy atom. The van der Waals surface area contributed by atoms with Crippen molar-refractivity contribution in [2.75, 3.05) is 5.73 Å². The SMILES string of the molecule is Cc1ccc2c(nc[s+]2-c2ccccc2)c1N. The maximum atomic E-state index is 6.06. The molecule has 1 unspecified atom stereocenters. The third-order valence-electron chi connectivity index (χ3n) is 2.92. The highest BCUT2D eigenvalue weighted by molar-refractivity contribution is 7.43. The van der Waals surface area contributed by atoms with E-state index in [4.69, 9.17) is 5.73 Å². The monoisotopic (exact) mass is 241 g/mol.